The number of nitrogens with zero attached hydrogens (tertiary/aromatic N) is 3. The Morgan fingerprint density at radius 2 is 1.97 bits per heavy atom. The van der Waals surface area contributed by atoms with E-state index in [4.69, 9.17) is 0 Å². The zero-order valence-electron chi connectivity index (χ0n) is 17.6. The van der Waals surface area contributed by atoms with Crippen LogP contribution in [0.15, 0.2) is 47.4 Å². The Morgan fingerprint density at radius 1 is 1.26 bits per heavy atom. The maximum atomic E-state index is 12.9. The molecular weight excluding hydrogens is 432 g/mol. The van der Waals surface area contributed by atoms with E-state index in [1.165, 1.54) is 11.5 Å². The van der Waals surface area contributed by atoms with E-state index >= 15 is 0 Å². The minimum Gasteiger partial charge on any atom is -0.588 e. The molecule has 1 aliphatic heterocycles. The minimum absolute atomic E-state index is 0.0439. The standard InChI is InChI=1S/C22H26N4O3S2/c1-15(2)14-22(28)10-12-26(13-11-22)21(27)16-6-8-17(9-7-16)24-31(29)19-5-3-4-18-20(19)23-25-30-18/h3-9,15,24,28H,10-14H2,1-2H3. The van der Waals surface area contributed by atoms with Gasteiger partial charge in [-0.3, -0.25) is 4.79 Å². The van der Waals surface area contributed by atoms with Crippen LogP contribution in [-0.2, 0) is 11.4 Å². The average Bonchev–Trinajstić information content (AvgIpc) is 3.22. The summed E-state index contributed by atoms with van der Waals surface area (Å²) in [5.74, 6) is 0.384. The molecule has 1 aromatic heterocycles. The van der Waals surface area contributed by atoms with Gasteiger partial charge < -0.3 is 14.6 Å². The molecule has 2 N–H and O–H groups in total. The number of anilines is 1. The van der Waals surface area contributed by atoms with Gasteiger partial charge in [0.1, 0.15) is 11.4 Å². The normalized spacial score (nSPS) is 17.1. The Morgan fingerprint density at radius 3 is 2.65 bits per heavy atom. The lowest BCUT2D eigenvalue weighted by Crippen LogP contribution is -2.47. The van der Waals surface area contributed by atoms with Crippen LogP contribution in [0, 0.1) is 5.92 Å². The predicted molar refractivity (Wildman–Crippen MR) is 123 cm³/mol. The van der Waals surface area contributed by atoms with Crippen molar-refractivity contribution in [3.8, 4) is 0 Å². The molecule has 0 bridgehead atoms. The lowest BCUT2D eigenvalue weighted by Gasteiger charge is -2.39. The maximum absolute atomic E-state index is 12.9. The predicted octanol–water partition coefficient (Wildman–Crippen LogP) is 3.84. The van der Waals surface area contributed by atoms with Gasteiger partial charge in [0.15, 0.2) is 5.52 Å². The van der Waals surface area contributed by atoms with Gasteiger partial charge in [0.25, 0.3) is 5.91 Å². The Bertz CT molecular complexity index is 1050. The van der Waals surface area contributed by atoms with E-state index in [9.17, 15) is 14.5 Å². The SMILES string of the molecule is CC(C)CC1(O)CCN(C(=O)c2ccc(N[S+]([O-])c3cccc4snnc34)cc2)CC1. The highest BCUT2D eigenvalue weighted by molar-refractivity contribution is 7.93. The number of aliphatic hydroxyl groups is 1. The summed E-state index contributed by atoms with van der Waals surface area (Å²) in [5.41, 5.74) is 1.20. The van der Waals surface area contributed by atoms with Crippen molar-refractivity contribution in [3.05, 3.63) is 48.0 Å². The number of hydrogen-bond donors (Lipinski definition) is 2. The second-order valence-corrected chi connectivity index (χ2v) is 10.4. The molecule has 1 fully saturated rings. The third-order valence-corrected chi connectivity index (χ3v) is 7.39. The Kier molecular flexibility index (Phi) is 6.47. The molecule has 0 aliphatic carbocycles. The van der Waals surface area contributed by atoms with Gasteiger partial charge in [-0.25, -0.2) is 4.72 Å². The fourth-order valence-electron chi connectivity index (χ4n) is 4.04. The second kappa shape index (κ2) is 9.12. The number of carbonyl (C=O) groups is 1. The fourth-order valence-corrected chi connectivity index (χ4v) is 5.69. The summed E-state index contributed by atoms with van der Waals surface area (Å²) < 4.78 is 20.5. The van der Waals surface area contributed by atoms with Crippen molar-refractivity contribution in [2.75, 3.05) is 17.8 Å². The summed E-state index contributed by atoms with van der Waals surface area (Å²) in [6, 6.07) is 12.5. The quantitative estimate of drug-likeness (QED) is 0.544. The monoisotopic (exact) mass is 458 g/mol. The van der Waals surface area contributed by atoms with Crippen LogP contribution in [0.4, 0.5) is 5.69 Å². The fraction of sp³-hybridized carbons (Fsp3) is 0.409. The smallest absolute Gasteiger partial charge is 0.253 e. The molecule has 4 rings (SSSR count). The maximum Gasteiger partial charge on any atom is 0.253 e. The van der Waals surface area contributed by atoms with E-state index < -0.39 is 17.0 Å². The number of likely N-dealkylation sites (tertiary alicyclic amines) is 1. The van der Waals surface area contributed by atoms with Crippen molar-refractivity contribution in [2.45, 2.75) is 43.6 Å². The molecule has 0 spiro atoms. The van der Waals surface area contributed by atoms with E-state index in [1.54, 1.807) is 35.2 Å². The zero-order valence-corrected chi connectivity index (χ0v) is 19.2. The molecule has 1 atom stereocenters. The van der Waals surface area contributed by atoms with Gasteiger partial charge in [-0.2, -0.15) is 0 Å². The highest BCUT2D eigenvalue weighted by atomic mass is 32.2. The largest absolute Gasteiger partial charge is 0.588 e. The Labute approximate surface area is 188 Å². The van der Waals surface area contributed by atoms with Crippen molar-refractivity contribution < 1.29 is 14.5 Å². The molecule has 0 saturated carbocycles. The van der Waals surface area contributed by atoms with Gasteiger partial charge in [0.2, 0.25) is 4.90 Å². The van der Waals surface area contributed by atoms with Gasteiger partial charge in [-0.05, 0) is 73.1 Å². The first-order valence-corrected chi connectivity index (χ1v) is 12.3. The number of hydrogen-bond acceptors (Lipinski definition) is 7. The summed E-state index contributed by atoms with van der Waals surface area (Å²) in [5, 5.41) is 14.8. The van der Waals surface area contributed by atoms with Crippen LogP contribution in [-0.4, -0.2) is 48.7 Å². The number of carbonyl (C=O) groups excluding carboxylic acids is 1. The van der Waals surface area contributed by atoms with E-state index in [1.807, 2.05) is 12.1 Å². The third-order valence-electron chi connectivity index (χ3n) is 5.55. The second-order valence-electron chi connectivity index (χ2n) is 8.44. The van der Waals surface area contributed by atoms with E-state index in [-0.39, 0.29) is 5.91 Å². The number of aromatic nitrogens is 2. The van der Waals surface area contributed by atoms with E-state index in [0.29, 0.717) is 53.5 Å². The first kappa shape index (κ1) is 22.0. The third kappa shape index (κ3) is 5.01. The van der Waals surface area contributed by atoms with Gasteiger partial charge in [0, 0.05) is 18.7 Å². The lowest BCUT2D eigenvalue weighted by atomic mass is 9.84. The van der Waals surface area contributed by atoms with Crippen molar-refractivity contribution in [3.63, 3.8) is 0 Å². The molecule has 1 aliphatic rings. The van der Waals surface area contributed by atoms with Crippen LogP contribution in [0.25, 0.3) is 10.2 Å². The number of piperidine rings is 1. The number of fused-ring (bicyclic) bond motifs is 1. The minimum atomic E-state index is -1.49. The Balaban J connectivity index is 1.38. The molecule has 164 valence electrons. The van der Waals surface area contributed by atoms with Crippen LogP contribution in [0.3, 0.4) is 0 Å². The molecule has 0 radical (unpaired) electrons. The number of rotatable bonds is 6. The van der Waals surface area contributed by atoms with Crippen LogP contribution in [0.1, 0.15) is 43.5 Å². The first-order chi connectivity index (χ1) is 14.8. The molecule has 1 unspecified atom stereocenters. The topological polar surface area (TPSA) is 101 Å². The molecule has 1 amide bonds. The lowest BCUT2D eigenvalue weighted by molar-refractivity contribution is -0.0311. The molecule has 31 heavy (non-hydrogen) atoms. The van der Waals surface area contributed by atoms with Gasteiger partial charge in [-0.15, -0.1) is 5.10 Å². The molecule has 3 aromatic rings. The zero-order chi connectivity index (χ0) is 22.0. The summed E-state index contributed by atoms with van der Waals surface area (Å²) >= 11 is -0.227. The molecule has 2 heterocycles. The highest BCUT2D eigenvalue weighted by Crippen LogP contribution is 2.30. The first-order valence-electron chi connectivity index (χ1n) is 10.4. The van der Waals surface area contributed by atoms with E-state index in [0.717, 1.165) is 11.1 Å². The van der Waals surface area contributed by atoms with Crippen LogP contribution in [0.2, 0.25) is 0 Å². The van der Waals surface area contributed by atoms with Crippen LogP contribution in [0.5, 0.6) is 0 Å². The highest BCUT2D eigenvalue weighted by Gasteiger charge is 2.34. The molecule has 1 saturated heterocycles. The van der Waals surface area contributed by atoms with Gasteiger partial charge in [0.05, 0.1) is 16.0 Å². The van der Waals surface area contributed by atoms with Gasteiger partial charge in [-0.1, -0.05) is 24.4 Å². The number of nitrogens with one attached hydrogen (secondary N) is 1. The van der Waals surface area contributed by atoms with Crippen molar-refractivity contribution in [1.29, 1.82) is 0 Å². The number of amides is 1. The summed E-state index contributed by atoms with van der Waals surface area (Å²) in [4.78, 5) is 15.2. The molecule has 2 aromatic carbocycles. The van der Waals surface area contributed by atoms with Gasteiger partial charge >= 0.3 is 0 Å². The molecule has 9 heteroatoms. The van der Waals surface area contributed by atoms with Crippen molar-refractivity contribution >= 4 is 44.7 Å². The van der Waals surface area contributed by atoms with Crippen LogP contribution >= 0.6 is 11.5 Å². The van der Waals surface area contributed by atoms with Crippen molar-refractivity contribution in [1.82, 2.24) is 14.5 Å². The summed E-state index contributed by atoms with van der Waals surface area (Å²) in [6.45, 7) is 5.31. The molecule has 7 nitrogen and oxygen atoms in total. The van der Waals surface area contributed by atoms with Crippen LogP contribution < -0.4 is 4.72 Å². The summed E-state index contributed by atoms with van der Waals surface area (Å²) in [7, 11) is 0. The van der Waals surface area contributed by atoms with Crippen molar-refractivity contribution in [2.24, 2.45) is 5.92 Å². The summed E-state index contributed by atoms with van der Waals surface area (Å²) in [6.07, 6.45) is 1.97. The molecular formula is C22H26N4O3S2. The van der Waals surface area contributed by atoms with E-state index in [2.05, 4.69) is 28.2 Å². The Hall–Kier alpha value is -2.20. The number of benzene rings is 2. The average molecular weight is 459 g/mol.